The van der Waals surface area contributed by atoms with Crippen LogP contribution in [0.2, 0.25) is 0 Å². The van der Waals surface area contributed by atoms with Crippen LogP contribution >= 0.6 is 11.3 Å². The van der Waals surface area contributed by atoms with Crippen molar-refractivity contribution >= 4 is 28.7 Å². The minimum atomic E-state index is -0.503. The maximum Gasteiger partial charge on any atom is 0.276 e. The average molecular weight is 265 g/mol. The van der Waals surface area contributed by atoms with Crippen LogP contribution in [0.15, 0.2) is 17.5 Å². The van der Waals surface area contributed by atoms with Gasteiger partial charge < -0.3 is 11.1 Å². The van der Waals surface area contributed by atoms with Gasteiger partial charge in [0.25, 0.3) is 5.69 Å². The van der Waals surface area contributed by atoms with Crippen LogP contribution in [-0.2, 0) is 6.54 Å². The first-order chi connectivity index (χ1) is 8.54. The zero-order valence-electron chi connectivity index (χ0n) is 9.58. The van der Waals surface area contributed by atoms with Crippen molar-refractivity contribution < 1.29 is 4.92 Å². The predicted octanol–water partition coefficient (Wildman–Crippen LogP) is 1.95. The number of hydrogen-bond donors (Lipinski definition) is 2. The zero-order valence-corrected chi connectivity index (χ0v) is 10.4. The van der Waals surface area contributed by atoms with Gasteiger partial charge in [0.1, 0.15) is 16.6 Å². The van der Waals surface area contributed by atoms with E-state index in [-0.39, 0.29) is 11.5 Å². The molecule has 0 unspecified atom stereocenters. The van der Waals surface area contributed by atoms with Gasteiger partial charge in [0.15, 0.2) is 0 Å². The zero-order chi connectivity index (χ0) is 13.1. The van der Waals surface area contributed by atoms with Crippen LogP contribution in [0.1, 0.15) is 10.7 Å². The Labute approximate surface area is 107 Å². The first kappa shape index (κ1) is 12.2. The number of nitrogens with zero attached hydrogens (tertiary/aromatic N) is 3. The number of pyridine rings is 1. The van der Waals surface area contributed by atoms with Crippen molar-refractivity contribution in [1.29, 1.82) is 0 Å². The quantitative estimate of drug-likeness (QED) is 0.646. The van der Waals surface area contributed by atoms with E-state index in [0.29, 0.717) is 12.4 Å². The second kappa shape index (κ2) is 4.96. The van der Waals surface area contributed by atoms with Crippen molar-refractivity contribution in [3.63, 3.8) is 0 Å². The summed E-state index contributed by atoms with van der Waals surface area (Å²) in [5.74, 6) is 0.483. The number of nitrogen functional groups attached to an aromatic ring is 1. The number of rotatable bonds is 4. The summed E-state index contributed by atoms with van der Waals surface area (Å²) >= 11 is 1.52. The molecule has 3 N–H and O–H groups in total. The Hall–Kier alpha value is -2.22. The first-order valence-electron chi connectivity index (χ1n) is 5.11. The molecule has 0 aliphatic rings. The number of nitro groups is 1. The molecule has 0 spiro atoms. The molecule has 0 saturated carbocycles. The van der Waals surface area contributed by atoms with Crippen LogP contribution < -0.4 is 11.1 Å². The topological polar surface area (TPSA) is 107 Å². The maximum atomic E-state index is 10.7. The van der Waals surface area contributed by atoms with Crippen LogP contribution in [0.3, 0.4) is 0 Å². The third kappa shape index (κ3) is 2.92. The summed E-state index contributed by atoms with van der Waals surface area (Å²) in [7, 11) is 0. The summed E-state index contributed by atoms with van der Waals surface area (Å²) in [6, 6.07) is 2.57. The molecule has 0 bridgehead atoms. The molecule has 2 heterocycles. The van der Waals surface area contributed by atoms with Crippen molar-refractivity contribution in [1.82, 2.24) is 9.97 Å². The molecule has 7 nitrogen and oxygen atoms in total. The van der Waals surface area contributed by atoms with E-state index in [0.717, 1.165) is 10.7 Å². The van der Waals surface area contributed by atoms with E-state index in [1.165, 1.54) is 23.5 Å². The number of thiazole rings is 1. The van der Waals surface area contributed by atoms with Crippen molar-refractivity contribution in [2.24, 2.45) is 0 Å². The van der Waals surface area contributed by atoms with Crippen molar-refractivity contribution in [2.75, 3.05) is 11.1 Å². The predicted molar refractivity (Wildman–Crippen MR) is 69.5 cm³/mol. The Kier molecular flexibility index (Phi) is 3.38. The van der Waals surface area contributed by atoms with Crippen LogP contribution in [0, 0.1) is 17.0 Å². The molecule has 18 heavy (non-hydrogen) atoms. The highest BCUT2D eigenvalue weighted by Crippen LogP contribution is 2.19. The van der Waals surface area contributed by atoms with Gasteiger partial charge in [-0.3, -0.25) is 10.1 Å². The van der Waals surface area contributed by atoms with Crippen LogP contribution in [0.5, 0.6) is 0 Å². The van der Waals surface area contributed by atoms with E-state index in [2.05, 4.69) is 15.3 Å². The SMILES string of the molecule is Cc1csc(CNc2cc([N+](=O)[O-])cc(N)n2)n1. The summed E-state index contributed by atoms with van der Waals surface area (Å²) in [4.78, 5) is 18.4. The first-order valence-corrected chi connectivity index (χ1v) is 5.99. The van der Waals surface area contributed by atoms with E-state index >= 15 is 0 Å². The smallest absolute Gasteiger partial charge is 0.276 e. The lowest BCUT2D eigenvalue weighted by Gasteiger charge is -2.04. The Balaban J connectivity index is 2.11. The monoisotopic (exact) mass is 265 g/mol. The molecule has 0 saturated heterocycles. The Morgan fingerprint density at radius 1 is 1.50 bits per heavy atom. The number of anilines is 2. The molecule has 2 aromatic heterocycles. The summed E-state index contributed by atoms with van der Waals surface area (Å²) < 4.78 is 0. The van der Waals surface area contributed by atoms with Crippen LogP contribution in [0.25, 0.3) is 0 Å². The van der Waals surface area contributed by atoms with Gasteiger partial charge in [0.2, 0.25) is 0 Å². The standard InChI is InChI=1S/C10H11N5O2S/c1-6-5-18-10(13-6)4-12-9-3-7(15(16)17)2-8(11)14-9/h2-3,5H,4H2,1H3,(H3,11,12,14). The van der Waals surface area contributed by atoms with E-state index in [9.17, 15) is 10.1 Å². The molecule has 0 atom stereocenters. The highest BCUT2D eigenvalue weighted by molar-refractivity contribution is 7.09. The highest BCUT2D eigenvalue weighted by Gasteiger charge is 2.09. The fourth-order valence-corrected chi connectivity index (χ4v) is 2.09. The summed E-state index contributed by atoms with van der Waals surface area (Å²) in [5, 5.41) is 16.5. The number of aromatic nitrogens is 2. The molecule has 94 valence electrons. The minimum Gasteiger partial charge on any atom is -0.383 e. The molecular formula is C10H11N5O2S. The third-order valence-corrected chi connectivity index (χ3v) is 3.09. The van der Waals surface area contributed by atoms with Crippen LogP contribution in [0.4, 0.5) is 17.3 Å². The third-order valence-electron chi connectivity index (χ3n) is 2.13. The second-order valence-electron chi connectivity index (χ2n) is 3.63. The molecule has 0 aliphatic heterocycles. The summed E-state index contributed by atoms with van der Waals surface area (Å²) in [6.07, 6.45) is 0. The molecule has 2 aromatic rings. The molecule has 2 rings (SSSR count). The number of hydrogen-bond acceptors (Lipinski definition) is 7. The van der Waals surface area contributed by atoms with Gasteiger partial charge in [-0.2, -0.15) is 0 Å². The van der Waals surface area contributed by atoms with Gasteiger partial charge in [0.05, 0.1) is 23.6 Å². The maximum absolute atomic E-state index is 10.7. The molecule has 0 radical (unpaired) electrons. The van der Waals surface area contributed by atoms with Gasteiger partial charge in [-0.05, 0) is 6.92 Å². The molecule has 0 aliphatic carbocycles. The van der Waals surface area contributed by atoms with Gasteiger partial charge in [-0.25, -0.2) is 9.97 Å². The van der Waals surface area contributed by atoms with Crippen molar-refractivity contribution in [3.05, 3.63) is 38.3 Å². The van der Waals surface area contributed by atoms with Gasteiger partial charge in [-0.15, -0.1) is 11.3 Å². The lowest BCUT2D eigenvalue weighted by molar-refractivity contribution is -0.384. The van der Waals surface area contributed by atoms with Crippen molar-refractivity contribution in [3.8, 4) is 0 Å². The van der Waals surface area contributed by atoms with E-state index in [1.807, 2.05) is 12.3 Å². The van der Waals surface area contributed by atoms with Crippen LogP contribution in [-0.4, -0.2) is 14.9 Å². The second-order valence-corrected chi connectivity index (χ2v) is 4.57. The molecule has 0 fully saturated rings. The largest absolute Gasteiger partial charge is 0.383 e. The fourth-order valence-electron chi connectivity index (χ4n) is 1.38. The summed E-state index contributed by atoms with van der Waals surface area (Å²) in [5.41, 5.74) is 6.37. The van der Waals surface area contributed by atoms with Crippen molar-refractivity contribution in [2.45, 2.75) is 13.5 Å². The van der Waals surface area contributed by atoms with E-state index < -0.39 is 4.92 Å². The van der Waals surface area contributed by atoms with Gasteiger partial charge in [0, 0.05) is 11.1 Å². The van der Waals surface area contributed by atoms with Gasteiger partial charge in [-0.1, -0.05) is 0 Å². The lowest BCUT2D eigenvalue weighted by Crippen LogP contribution is -2.04. The average Bonchev–Trinajstić information content (AvgIpc) is 2.72. The summed E-state index contributed by atoms with van der Waals surface area (Å²) in [6.45, 7) is 2.37. The minimum absolute atomic E-state index is 0.0830. The number of aryl methyl sites for hydroxylation is 1. The number of nitrogens with one attached hydrogen (secondary N) is 1. The number of nitrogens with two attached hydrogens (primary N) is 1. The Morgan fingerprint density at radius 3 is 2.89 bits per heavy atom. The van der Waals surface area contributed by atoms with E-state index in [4.69, 9.17) is 5.73 Å². The molecular weight excluding hydrogens is 254 g/mol. The lowest BCUT2D eigenvalue weighted by atomic mass is 10.3. The molecule has 0 aromatic carbocycles. The normalized spacial score (nSPS) is 10.3. The molecule has 8 heteroatoms. The van der Waals surface area contributed by atoms with Gasteiger partial charge >= 0.3 is 0 Å². The molecule has 0 amide bonds. The Morgan fingerprint density at radius 2 is 2.28 bits per heavy atom. The fraction of sp³-hybridized carbons (Fsp3) is 0.200. The highest BCUT2D eigenvalue weighted by atomic mass is 32.1. The van der Waals surface area contributed by atoms with E-state index in [1.54, 1.807) is 0 Å². The Bertz CT molecular complexity index is 583.